The van der Waals surface area contributed by atoms with Crippen LogP contribution in [0.1, 0.15) is 63.1 Å². The first kappa shape index (κ1) is 16.7. The normalized spacial score (nSPS) is 13.6. The Labute approximate surface area is 121 Å². The smallest absolute Gasteiger partial charge is 0.271 e. The summed E-state index contributed by atoms with van der Waals surface area (Å²) in [7, 11) is 1.85. The van der Waals surface area contributed by atoms with E-state index < -0.39 is 0 Å². The molecule has 0 aliphatic heterocycles. The number of rotatable bonds is 6. The predicted octanol–water partition coefficient (Wildman–Crippen LogP) is 2.07. The topological polar surface area (TPSA) is 67.2 Å². The molecule has 0 spiro atoms. The Balaban J connectivity index is 2.66. The second-order valence-electron chi connectivity index (χ2n) is 6.63. The standard InChI is InChI=1S/C15H27N3O2/c1-10(2)13-7-12(17-18(13)6)14(20)16-9-15(4,5)8-11(3)19/h7,10-11,19H,8-9H2,1-6H3,(H,16,20). The minimum Gasteiger partial charge on any atom is -0.393 e. The molecule has 1 heterocycles. The van der Waals surface area contributed by atoms with Gasteiger partial charge in [-0.2, -0.15) is 5.10 Å². The van der Waals surface area contributed by atoms with Gasteiger partial charge in [0.2, 0.25) is 0 Å². The number of hydrogen-bond donors (Lipinski definition) is 2. The molecule has 5 heteroatoms. The lowest BCUT2D eigenvalue weighted by atomic mass is 9.87. The molecule has 0 aliphatic carbocycles. The summed E-state index contributed by atoms with van der Waals surface area (Å²) in [5, 5.41) is 16.6. The van der Waals surface area contributed by atoms with Crippen LogP contribution in [0.5, 0.6) is 0 Å². The number of aliphatic hydroxyl groups is 1. The van der Waals surface area contributed by atoms with E-state index in [1.165, 1.54) is 0 Å². The van der Waals surface area contributed by atoms with Crippen LogP contribution in [0.2, 0.25) is 0 Å². The van der Waals surface area contributed by atoms with E-state index in [9.17, 15) is 9.90 Å². The maximum atomic E-state index is 12.1. The van der Waals surface area contributed by atoms with Crippen molar-refractivity contribution < 1.29 is 9.90 Å². The largest absolute Gasteiger partial charge is 0.393 e. The second-order valence-corrected chi connectivity index (χ2v) is 6.63. The molecule has 1 atom stereocenters. The summed E-state index contributed by atoms with van der Waals surface area (Å²) in [6.45, 7) is 10.5. The van der Waals surface area contributed by atoms with Gasteiger partial charge in [-0.05, 0) is 30.7 Å². The Kier molecular flexibility index (Phi) is 5.34. The third kappa shape index (κ3) is 4.63. The number of carbonyl (C=O) groups is 1. The van der Waals surface area contributed by atoms with Crippen LogP contribution in [0.15, 0.2) is 6.07 Å². The van der Waals surface area contributed by atoms with Crippen LogP contribution in [-0.4, -0.2) is 33.4 Å². The van der Waals surface area contributed by atoms with Crippen LogP contribution in [0, 0.1) is 5.41 Å². The van der Waals surface area contributed by atoms with Crippen molar-refractivity contribution in [2.24, 2.45) is 12.5 Å². The summed E-state index contributed by atoms with van der Waals surface area (Å²) >= 11 is 0. The predicted molar refractivity (Wildman–Crippen MR) is 79.7 cm³/mol. The average Bonchev–Trinajstić information content (AvgIpc) is 2.66. The third-order valence-electron chi connectivity index (χ3n) is 3.32. The maximum absolute atomic E-state index is 12.1. The Morgan fingerprint density at radius 1 is 1.45 bits per heavy atom. The quantitative estimate of drug-likeness (QED) is 0.839. The van der Waals surface area contributed by atoms with Crippen LogP contribution in [0.4, 0.5) is 0 Å². The van der Waals surface area contributed by atoms with E-state index in [-0.39, 0.29) is 17.4 Å². The van der Waals surface area contributed by atoms with Crippen molar-refractivity contribution in [1.29, 1.82) is 0 Å². The molecule has 0 bridgehead atoms. The molecule has 20 heavy (non-hydrogen) atoms. The van der Waals surface area contributed by atoms with Gasteiger partial charge in [0.25, 0.3) is 5.91 Å². The molecule has 0 radical (unpaired) electrons. The van der Waals surface area contributed by atoms with Gasteiger partial charge >= 0.3 is 0 Å². The van der Waals surface area contributed by atoms with Gasteiger partial charge in [-0.3, -0.25) is 9.48 Å². The average molecular weight is 281 g/mol. The molecular formula is C15H27N3O2. The zero-order valence-corrected chi connectivity index (χ0v) is 13.4. The first-order chi connectivity index (χ1) is 9.12. The van der Waals surface area contributed by atoms with Crippen molar-refractivity contribution >= 4 is 5.91 Å². The molecule has 2 N–H and O–H groups in total. The minimum absolute atomic E-state index is 0.139. The number of nitrogens with zero attached hydrogens (tertiary/aromatic N) is 2. The van der Waals surface area contributed by atoms with E-state index in [4.69, 9.17) is 0 Å². The molecule has 0 aliphatic rings. The van der Waals surface area contributed by atoms with Crippen LogP contribution in [0.25, 0.3) is 0 Å². The first-order valence-electron chi connectivity index (χ1n) is 7.12. The van der Waals surface area contributed by atoms with Gasteiger partial charge in [0.05, 0.1) is 6.10 Å². The molecule has 1 amide bonds. The van der Waals surface area contributed by atoms with Crippen LogP contribution < -0.4 is 5.32 Å². The van der Waals surface area contributed by atoms with Crippen molar-refractivity contribution in [2.75, 3.05) is 6.54 Å². The summed E-state index contributed by atoms with van der Waals surface area (Å²) in [5.74, 6) is 0.173. The Morgan fingerprint density at radius 2 is 2.05 bits per heavy atom. The van der Waals surface area contributed by atoms with E-state index in [1.54, 1.807) is 11.6 Å². The number of nitrogens with one attached hydrogen (secondary N) is 1. The fourth-order valence-electron chi connectivity index (χ4n) is 2.41. The molecule has 1 unspecified atom stereocenters. The van der Waals surface area contributed by atoms with Gasteiger partial charge in [0, 0.05) is 19.3 Å². The van der Waals surface area contributed by atoms with Gasteiger partial charge in [-0.1, -0.05) is 27.7 Å². The molecule has 0 aromatic carbocycles. The summed E-state index contributed by atoms with van der Waals surface area (Å²) < 4.78 is 1.75. The number of amides is 1. The highest BCUT2D eigenvalue weighted by atomic mass is 16.3. The van der Waals surface area contributed by atoms with Crippen molar-refractivity contribution in [2.45, 2.75) is 53.1 Å². The second kappa shape index (κ2) is 6.39. The summed E-state index contributed by atoms with van der Waals surface area (Å²) in [5.41, 5.74) is 1.35. The number of aryl methyl sites for hydroxylation is 1. The van der Waals surface area contributed by atoms with Crippen molar-refractivity contribution in [3.63, 3.8) is 0 Å². The molecular weight excluding hydrogens is 254 g/mol. The van der Waals surface area contributed by atoms with E-state index in [1.807, 2.05) is 27.0 Å². The fraction of sp³-hybridized carbons (Fsp3) is 0.733. The lowest BCUT2D eigenvalue weighted by Crippen LogP contribution is -2.35. The highest BCUT2D eigenvalue weighted by Crippen LogP contribution is 2.21. The lowest BCUT2D eigenvalue weighted by molar-refractivity contribution is 0.0896. The number of aromatic nitrogens is 2. The minimum atomic E-state index is -0.371. The van der Waals surface area contributed by atoms with E-state index in [2.05, 4.69) is 24.3 Å². The van der Waals surface area contributed by atoms with Crippen molar-refractivity contribution in [3.05, 3.63) is 17.5 Å². The van der Waals surface area contributed by atoms with Gasteiger partial charge < -0.3 is 10.4 Å². The summed E-state index contributed by atoms with van der Waals surface area (Å²) in [4.78, 5) is 12.1. The van der Waals surface area contributed by atoms with E-state index in [0.29, 0.717) is 24.6 Å². The van der Waals surface area contributed by atoms with Gasteiger partial charge in [0.15, 0.2) is 0 Å². The Hall–Kier alpha value is -1.36. The lowest BCUT2D eigenvalue weighted by Gasteiger charge is -2.26. The fourth-order valence-corrected chi connectivity index (χ4v) is 2.41. The van der Waals surface area contributed by atoms with Crippen LogP contribution in [0.3, 0.4) is 0 Å². The first-order valence-corrected chi connectivity index (χ1v) is 7.12. The highest BCUT2D eigenvalue weighted by Gasteiger charge is 2.22. The summed E-state index contributed by atoms with van der Waals surface area (Å²) in [6.07, 6.45) is 0.275. The van der Waals surface area contributed by atoms with Crippen LogP contribution >= 0.6 is 0 Å². The monoisotopic (exact) mass is 281 g/mol. The molecule has 1 rings (SSSR count). The number of hydrogen-bond acceptors (Lipinski definition) is 3. The third-order valence-corrected chi connectivity index (χ3v) is 3.32. The van der Waals surface area contributed by atoms with Crippen molar-refractivity contribution in [1.82, 2.24) is 15.1 Å². The molecule has 0 fully saturated rings. The Morgan fingerprint density at radius 3 is 2.50 bits per heavy atom. The Bertz CT molecular complexity index is 462. The zero-order valence-electron chi connectivity index (χ0n) is 13.4. The van der Waals surface area contributed by atoms with Gasteiger partial charge in [0.1, 0.15) is 5.69 Å². The molecule has 0 saturated carbocycles. The van der Waals surface area contributed by atoms with E-state index in [0.717, 1.165) is 5.69 Å². The van der Waals surface area contributed by atoms with E-state index >= 15 is 0 Å². The zero-order chi connectivity index (χ0) is 15.5. The molecule has 5 nitrogen and oxygen atoms in total. The molecule has 114 valence electrons. The molecule has 1 aromatic heterocycles. The number of carbonyl (C=O) groups excluding carboxylic acids is 1. The number of aliphatic hydroxyl groups excluding tert-OH is 1. The molecule has 1 aromatic rings. The SMILES string of the molecule is CC(O)CC(C)(C)CNC(=O)c1cc(C(C)C)n(C)n1. The summed E-state index contributed by atoms with van der Waals surface area (Å²) in [6, 6.07) is 1.83. The maximum Gasteiger partial charge on any atom is 0.271 e. The van der Waals surface area contributed by atoms with Crippen molar-refractivity contribution in [3.8, 4) is 0 Å². The highest BCUT2D eigenvalue weighted by molar-refractivity contribution is 5.92. The van der Waals surface area contributed by atoms with Gasteiger partial charge in [-0.15, -0.1) is 0 Å². The molecule has 0 saturated heterocycles. The van der Waals surface area contributed by atoms with Crippen LogP contribution in [-0.2, 0) is 7.05 Å². The van der Waals surface area contributed by atoms with Gasteiger partial charge in [-0.25, -0.2) is 0 Å².